The van der Waals surface area contributed by atoms with Gasteiger partial charge in [0.05, 0.1) is 13.2 Å². The number of hydrogen-bond donors (Lipinski definition) is 1. The number of hydroxylamine groups is 1. The van der Waals surface area contributed by atoms with Crippen LogP contribution in [0, 0.1) is 12.8 Å². The normalized spacial score (nSPS) is 11.5. The van der Waals surface area contributed by atoms with Crippen LogP contribution in [-0.4, -0.2) is 6.61 Å². The third-order valence-electron chi connectivity index (χ3n) is 2.67. The Morgan fingerprint density at radius 1 is 1.29 bits per heavy atom. The second-order valence-corrected chi connectivity index (χ2v) is 4.66. The van der Waals surface area contributed by atoms with Gasteiger partial charge in [-0.05, 0) is 18.9 Å². The summed E-state index contributed by atoms with van der Waals surface area (Å²) in [4.78, 5) is 5.38. The third kappa shape index (κ3) is 2.87. The number of nitrogens with one attached hydrogen (secondary N) is 1. The predicted molar refractivity (Wildman–Crippen MR) is 68.6 cm³/mol. The van der Waals surface area contributed by atoms with Crippen LogP contribution in [0.15, 0.2) is 28.7 Å². The number of fused-ring (bicyclic) bond motifs is 1. The van der Waals surface area contributed by atoms with Gasteiger partial charge >= 0.3 is 0 Å². The van der Waals surface area contributed by atoms with Crippen molar-refractivity contribution in [1.29, 1.82) is 0 Å². The SMILES string of the molecule is Cc1oc2ccccc2c1CNOCC(C)C. The number of aryl methyl sites for hydroxylation is 1. The van der Waals surface area contributed by atoms with Crippen LogP contribution in [0.3, 0.4) is 0 Å². The van der Waals surface area contributed by atoms with Crippen molar-refractivity contribution in [2.75, 3.05) is 6.61 Å². The zero-order valence-electron chi connectivity index (χ0n) is 10.6. The van der Waals surface area contributed by atoms with E-state index in [0.29, 0.717) is 12.5 Å². The topological polar surface area (TPSA) is 34.4 Å². The van der Waals surface area contributed by atoms with Crippen LogP contribution in [0.4, 0.5) is 0 Å². The molecule has 0 radical (unpaired) electrons. The second-order valence-electron chi connectivity index (χ2n) is 4.66. The van der Waals surface area contributed by atoms with Crippen molar-refractivity contribution in [3.05, 3.63) is 35.6 Å². The first-order valence-corrected chi connectivity index (χ1v) is 6.00. The van der Waals surface area contributed by atoms with E-state index >= 15 is 0 Å². The molecule has 0 spiro atoms. The van der Waals surface area contributed by atoms with E-state index < -0.39 is 0 Å². The van der Waals surface area contributed by atoms with Crippen molar-refractivity contribution >= 4 is 11.0 Å². The highest BCUT2D eigenvalue weighted by Crippen LogP contribution is 2.24. The highest BCUT2D eigenvalue weighted by Gasteiger charge is 2.09. The Kier molecular flexibility index (Phi) is 3.82. The molecular formula is C14H19NO2. The van der Waals surface area contributed by atoms with Crippen LogP contribution in [0.2, 0.25) is 0 Å². The maximum Gasteiger partial charge on any atom is 0.134 e. The lowest BCUT2D eigenvalue weighted by Crippen LogP contribution is -2.17. The van der Waals surface area contributed by atoms with E-state index in [4.69, 9.17) is 9.25 Å². The van der Waals surface area contributed by atoms with Gasteiger partial charge < -0.3 is 9.25 Å². The van der Waals surface area contributed by atoms with Crippen LogP contribution >= 0.6 is 0 Å². The molecule has 0 amide bonds. The summed E-state index contributed by atoms with van der Waals surface area (Å²) < 4.78 is 5.68. The molecule has 2 aromatic rings. The average Bonchev–Trinajstić information content (AvgIpc) is 2.60. The Morgan fingerprint density at radius 3 is 2.82 bits per heavy atom. The van der Waals surface area contributed by atoms with Gasteiger partial charge in [-0.25, -0.2) is 0 Å². The molecule has 2 rings (SSSR count). The largest absolute Gasteiger partial charge is 0.461 e. The number of hydrogen-bond acceptors (Lipinski definition) is 3. The maximum atomic E-state index is 5.68. The molecule has 0 atom stereocenters. The summed E-state index contributed by atoms with van der Waals surface area (Å²) in [6.07, 6.45) is 0. The van der Waals surface area contributed by atoms with Gasteiger partial charge in [0, 0.05) is 10.9 Å². The van der Waals surface area contributed by atoms with Crippen LogP contribution in [0.1, 0.15) is 25.2 Å². The smallest absolute Gasteiger partial charge is 0.134 e. The number of benzene rings is 1. The molecule has 0 aliphatic carbocycles. The molecule has 0 saturated heterocycles. The highest BCUT2D eigenvalue weighted by atomic mass is 16.6. The molecule has 0 saturated carbocycles. The summed E-state index contributed by atoms with van der Waals surface area (Å²) >= 11 is 0. The van der Waals surface area contributed by atoms with E-state index in [1.165, 1.54) is 5.56 Å². The standard InChI is InChI=1S/C14H19NO2/c1-10(2)9-16-15-8-13-11(3)17-14-7-5-4-6-12(13)14/h4-7,10,15H,8-9H2,1-3H3. The van der Waals surface area contributed by atoms with Gasteiger partial charge in [0.15, 0.2) is 0 Å². The van der Waals surface area contributed by atoms with E-state index in [-0.39, 0.29) is 0 Å². The summed E-state index contributed by atoms with van der Waals surface area (Å²) in [5.74, 6) is 1.48. The van der Waals surface area contributed by atoms with Crippen molar-refractivity contribution < 1.29 is 9.25 Å². The molecule has 0 fully saturated rings. The minimum absolute atomic E-state index is 0.532. The maximum absolute atomic E-state index is 5.68. The molecule has 1 aromatic heterocycles. The number of para-hydroxylation sites is 1. The second kappa shape index (κ2) is 5.34. The molecule has 3 heteroatoms. The fourth-order valence-corrected chi connectivity index (χ4v) is 1.79. The molecule has 1 heterocycles. The van der Waals surface area contributed by atoms with Gasteiger partial charge in [0.25, 0.3) is 0 Å². The first-order chi connectivity index (χ1) is 8.18. The van der Waals surface area contributed by atoms with E-state index in [9.17, 15) is 0 Å². The van der Waals surface area contributed by atoms with Gasteiger partial charge in [-0.15, -0.1) is 0 Å². The lowest BCUT2D eigenvalue weighted by molar-refractivity contribution is 0.0196. The van der Waals surface area contributed by atoms with Crippen LogP contribution in [0.5, 0.6) is 0 Å². The molecule has 0 aliphatic heterocycles. The van der Waals surface area contributed by atoms with Crippen LogP contribution < -0.4 is 5.48 Å². The first kappa shape index (κ1) is 12.1. The lowest BCUT2D eigenvalue weighted by Gasteiger charge is -2.07. The van der Waals surface area contributed by atoms with Gasteiger partial charge in [-0.2, -0.15) is 5.48 Å². The van der Waals surface area contributed by atoms with Crippen molar-refractivity contribution in [1.82, 2.24) is 5.48 Å². The van der Waals surface area contributed by atoms with Crippen molar-refractivity contribution in [2.24, 2.45) is 5.92 Å². The zero-order chi connectivity index (χ0) is 12.3. The molecule has 0 aliphatic rings. The molecule has 17 heavy (non-hydrogen) atoms. The summed E-state index contributed by atoms with van der Waals surface area (Å²) in [6.45, 7) is 7.63. The first-order valence-electron chi connectivity index (χ1n) is 6.00. The fourth-order valence-electron chi connectivity index (χ4n) is 1.79. The summed E-state index contributed by atoms with van der Waals surface area (Å²) in [7, 11) is 0. The monoisotopic (exact) mass is 233 g/mol. The molecule has 1 aromatic carbocycles. The van der Waals surface area contributed by atoms with Crippen molar-refractivity contribution in [3.63, 3.8) is 0 Å². The molecule has 92 valence electrons. The third-order valence-corrected chi connectivity index (χ3v) is 2.67. The van der Waals surface area contributed by atoms with Gasteiger partial charge in [0.2, 0.25) is 0 Å². The number of rotatable bonds is 5. The molecular weight excluding hydrogens is 214 g/mol. The predicted octanol–water partition coefficient (Wildman–Crippen LogP) is 3.42. The Morgan fingerprint density at radius 2 is 2.06 bits per heavy atom. The summed E-state index contributed by atoms with van der Waals surface area (Å²) in [5.41, 5.74) is 5.10. The van der Waals surface area contributed by atoms with Crippen molar-refractivity contribution in [3.8, 4) is 0 Å². The van der Waals surface area contributed by atoms with Gasteiger partial charge in [-0.3, -0.25) is 0 Å². The van der Waals surface area contributed by atoms with Crippen LogP contribution in [0.25, 0.3) is 11.0 Å². The average molecular weight is 233 g/mol. The Balaban J connectivity index is 2.05. The highest BCUT2D eigenvalue weighted by molar-refractivity contribution is 5.82. The Hall–Kier alpha value is -1.32. The van der Waals surface area contributed by atoms with E-state index in [1.807, 2.05) is 25.1 Å². The Labute approximate surface area is 102 Å². The minimum atomic E-state index is 0.532. The lowest BCUT2D eigenvalue weighted by atomic mass is 10.1. The van der Waals surface area contributed by atoms with E-state index in [0.717, 1.165) is 23.3 Å². The van der Waals surface area contributed by atoms with Gasteiger partial charge in [0.1, 0.15) is 11.3 Å². The van der Waals surface area contributed by atoms with Gasteiger partial charge in [-0.1, -0.05) is 32.0 Å². The minimum Gasteiger partial charge on any atom is -0.461 e. The summed E-state index contributed by atoms with van der Waals surface area (Å²) in [5, 5.41) is 1.16. The fraction of sp³-hybridized carbons (Fsp3) is 0.429. The van der Waals surface area contributed by atoms with E-state index in [2.05, 4.69) is 25.4 Å². The quantitative estimate of drug-likeness (QED) is 0.634. The van der Waals surface area contributed by atoms with Crippen molar-refractivity contribution in [2.45, 2.75) is 27.3 Å². The van der Waals surface area contributed by atoms with Crippen LogP contribution in [-0.2, 0) is 11.4 Å². The molecule has 3 nitrogen and oxygen atoms in total. The summed E-state index contributed by atoms with van der Waals surface area (Å²) in [6, 6.07) is 8.07. The molecule has 0 unspecified atom stereocenters. The van der Waals surface area contributed by atoms with E-state index in [1.54, 1.807) is 0 Å². The molecule has 1 N–H and O–H groups in total. The number of furan rings is 1. The Bertz CT molecular complexity index is 488. The molecule has 0 bridgehead atoms. The zero-order valence-corrected chi connectivity index (χ0v) is 10.6.